The number of nitrogens with zero attached hydrogens (tertiary/aromatic N) is 1. The average molecular weight is 324 g/mol. The molecule has 0 spiro atoms. The van der Waals surface area contributed by atoms with Crippen LogP contribution in [-0.2, 0) is 15.8 Å². The number of aryl methyl sites for hydroxylation is 1. The van der Waals surface area contributed by atoms with Gasteiger partial charge in [-0.15, -0.1) is 0 Å². The number of halogens is 1. The fourth-order valence-electron chi connectivity index (χ4n) is 1.94. The minimum absolute atomic E-state index is 0.0352. The first-order chi connectivity index (χ1) is 10.3. The van der Waals surface area contributed by atoms with E-state index in [1.54, 1.807) is 6.92 Å². The Labute approximate surface area is 126 Å². The highest BCUT2D eigenvalue weighted by molar-refractivity contribution is 7.91. The van der Waals surface area contributed by atoms with Crippen molar-refractivity contribution in [3.63, 3.8) is 0 Å². The predicted octanol–water partition coefficient (Wildman–Crippen LogP) is 2.98. The number of sulfonamides is 1. The van der Waals surface area contributed by atoms with Gasteiger partial charge < -0.3 is 0 Å². The molecule has 116 valence electrons. The third kappa shape index (κ3) is 3.79. The summed E-state index contributed by atoms with van der Waals surface area (Å²) in [6, 6.07) is 9.54. The maximum absolute atomic E-state index is 13.6. The van der Waals surface area contributed by atoms with E-state index < -0.39 is 26.5 Å². The van der Waals surface area contributed by atoms with E-state index in [2.05, 4.69) is 4.72 Å². The largest absolute Gasteiger partial charge is 0.280 e. The van der Waals surface area contributed by atoms with Crippen molar-refractivity contribution in [2.24, 2.45) is 0 Å². The van der Waals surface area contributed by atoms with Gasteiger partial charge in [0.15, 0.2) is 0 Å². The Bertz CT molecular complexity index is 821. The number of nitrogens with one attached hydrogen (secondary N) is 1. The van der Waals surface area contributed by atoms with Crippen molar-refractivity contribution in [2.45, 2.75) is 12.7 Å². The molecule has 2 rings (SSSR count). The topological polar surface area (TPSA) is 89.3 Å². The van der Waals surface area contributed by atoms with Crippen molar-refractivity contribution in [3.05, 3.63) is 69.5 Å². The van der Waals surface area contributed by atoms with Crippen LogP contribution < -0.4 is 4.72 Å². The standard InChI is InChI=1S/C14H13FN2O4S/c1-10-6-7-12(15)13(8-10)16-22(20,21)9-11-4-2-3-5-14(11)17(18)19/h2-8,16H,9H2,1H3. The van der Waals surface area contributed by atoms with Gasteiger partial charge in [-0.1, -0.05) is 24.3 Å². The molecule has 2 aromatic rings. The molecular formula is C14H13FN2O4S. The number of rotatable bonds is 5. The first-order valence-electron chi connectivity index (χ1n) is 6.27. The summed E-state index contributed by atoms with van der Waals surface area (Å²) in [7, 11) is -3.98. The number of hydrogen-bond acceptors (Lipinski definition) is 4. The second kappa shape index (κ2) is 6.10. The van der Waals surface area contributed by atoms with Crippen LogP contribution in [0.3, 0.4) is 0 Å². The van der Waals surface area contributed by atoms with E-state index in [4.69, 9.17) is 0 Å². The lowest BCUT2D eigenvalue weighted by Gasteiger charge is -2.10. The van der Waals surface area contributed by atoms with Crippen molar-refractivity contribution in [1.82, 2.24) is 0 Å². The summed E-state index contributed by atoms with van der Waals surface area (Å²) in [6.07, 6.45) is 0. The summed E-state index contributed by atoms with van der Waals surface area (Å²) in [6.45, 7) is 1.69. The number of para-hydroxylation sites is 1. The van der Waals surface area contributed by atoms with E-state index in [0.29, 0.717) is 5.56 Å². The van der Waals surface area contributed by atoms with Gasteiger partial charge in [0, 0.05) is 11.6 Å². The van der Waals surface area contributed by atoms with Crippen molar-refractivity contribution < 1.29 is 17.7 Å². The zero-order valence-corrected chi connectivity index (χ0v) is 12.4. The summed E-state index contributed by atoms with van der Waals surface area (Å²) in [5.74, 6) is -1.32. The summed E-state index contributed by atoms with van der Waals surface area (Å²) < 4.78 is 39.9. The van der Waals surface area contributed by atoms with E-state index in [1.165, 1.54) is 36.4 Å². The first kappa shape index (κ1) is 15.9. The van der Waals surface area contributed by atoms with E-state index >= 15 is 0 Å². The Morgan fingerprint density at radius 2 is 1.91 bits per heavy atom. The van der Waals surface area contributed by atoms with Crippen molar-refractivity contribution in [2.75, 3.05) is 4.72 Å². The smallest absolute Gasteiger partial charge is 0.273 e. The van der Waals surface area contributed by atoms with E-state index in [1.807, 2.05) is 0 Å². The third-order valence-electron chi connectivity index (χ3n) is 2.92. The Morgan fingerprint density at radius 1 is 1.23 bits per heavy atom. The van der Waals surface area contributed by atoms with E-state index in [0.717, 1.165) is 6.07 Å². The zero-order valence-electron chi connectivity index (χ0n) is 11.6. The number of nitro benzene ring substituents is 1. The zero-order chi connectivity index (χ0) is 16.3. The molecule has 0 saturated carbocycles. The molecule has 0 atom stereocenters. The maximum Gasteiger partial charge on any atom is 0.273 e. The highest BCUT2D eigenvalue weighted by Gasteiger charge is 2.20. The van der Waals surface area contributed by atoms with Gasteiger partial charge in [-0.2, -0.15) is 0 Å². The molecule has 0 aliphatic rings. The fourth-order valence-corrected chi connectivity index (χ4v) is 3.15. The van der Waals surface area contributed by atoms with Crippen molar-refractivity contribution in [3.8, 4) is 0 Å². The molecule has 0 aliphatic carbocycles. The summed E-state index contributed by atoms with van der Waals surface area (Å²) in [5, 5.41) is 10.9. The minimum Gasteiger partial charge on any atom is -0.280 e. The normalized spacial score (nSPS) is 11.2. The van der Waals surface area contributed by atoms with Crippen molar-refractivity contribution in [1.29, 1.82) is 0 Å². The minimum atomic E-state index is -3.98. The molecule has 8 heteroatoms. The third-order valence-corrected chi connectivity index (χ3v) is 4.14. The number of hydrogen-bond donors (Lipinski definition) is 1. The lowest BCUT2D eigenvalue weighted by atomic mass is 10.2. The number of nitro groups is 1. The predicted molar refractivity (Wildman–Crippen MR) is 80.5 cm³/mol. The molecule has 0 aliphatic heterocycles. The summed E-state index contributed by atoms with van der Waals surface area (Å²) in [5.41, 5.74) is 0.244. The highest BCUT2D eigenvalue weighted by Crippen LogP contribution is 2.22. The molecule has 0 bridgehead atoms. The van der Waals surface area contributed by atoms with Gasteiger partial charge in [0.1, 0.15) is 11.6 Å². The van der Waals surface area contributed by atoms with Gasteiger partial charge in [-0.25, -0.2) is 12.8 Å². The molecule has 6 nitrogen and oxygen atoms in total. The molecule has 22 heavy (non-hydrogen) atoms. The summed E-state index contributed by atoms with van der Waals surface area (Å²) in [4.78, 5) is 10.2. The van der Waals surface area contributed by atoms with Gasteiger partial charge in [-0.05, 0) is 24.6 Å². The number of anilines is 1. The van der Waals surface area contributed by atoms with Crippen LogP contribution in [0.4, 0.5) is 15.8 Å². The van der Waals surface area contributed by atoms with Gasteiger partial charge in [0.2, 0.25) is 10.0 Å². The van der Waals surface area contributed by atoms with Crippen LogP contribution in [0.15, 0.2) is 42.5 Å². The fraction of sp³-hybridized carbons (Fsp3) is 0.143. The molecule has 0 fully saturated rings. The molecule has 2 aromatic carbocycles. The van der Waals surface area contributed by atoms with Crippen LogP contribution >= 0.6 is 0 Å². The van der Waals surface area contributed by atoms with Gasteiger partial charge in [-0.3, -0.25) is 14.8 Å². The van der Waals surface area contributed by atoms with Crippen molar-refractivity contribution >= 4 is 21.4 Å². The van der Waals surface area contributed by atoms with Crippen LogP contribution in [0.5, 0.6) is 0 Å². The van der Waals surface area contributed by atoms with Crippen LogP contribution in [-0.4, -0.2) is 13.3 Å². The van der Waals surface area contributed by atoms with E-state index in [-0.39, 0.29) is 16.9 Å². The maximum atomic E-state index is 13.6. The summed E-state index contributed by atoms with van der Waals surface area (Å²) >= 11 is 0. The molecule has 0 heterocycles. The van der Waals surface area contributed by atoms with Crippen LogP contribution in [0, 0.1) is 22.9 Å². The molecular weight excluding hydrogens is 311 g/mol. The molecule has 0 radical (unpaired) electrons. The first-order valence-corrected chi connectivity index (χ1v) is 7.93. The molecule has 0 saturated heterocycles. The van der Waals surface area contributed by atoms with Gasteiger partial charge in [0.25, 0.3) is 5.69 Å². The highest BCUT2D eigenvalue weighted by atomic mass is 32.2. The van der Waals surface area contributed by atoms with Crippen LogP contribution in [0.2, 0.25) is 0 Å². The Morgan fingerprint density at radius 3 is 2.59 bits per heavy atom. The Hall–Kier alpha value is -2.48. The Balaban J connectivity index is 2.29. The van der Waals surface area contributed by atoms with Gasteiger partial charge >= 0.3 is 0 Å². The van der Waals surface area contributed by atoms with Gasteiger partial charge in [0.05, 0.1) is 10.6 Å². The number of benzene rings is 2. The molecule has 0 unspecified atom stereocenters. The quantitative estimate of drug-likeness (QED) is 0.676. The lowest BCUT2D eigenvalue weighted by molar-refractivity contribution is -0.385. The lowest BCUT2D eigenvalue weighted by Crippen LogP contribution is -2.16. The average Bonchev–Trinajstić information content (AvgIpc) is 2.42. The van der Waals surface area contributed by atoms with E-state index in [9.17, 15) is 22.9 Å². The second-order valence-electron chi connectivity index (χ2n) is 4.73. The van der Waals surface area contributed by atoms with Crippen LogP contribution in [0.25, 0.3) is 0 Å². The second-order valence-corrected chi connectivity index (χ2v) is 6.45. The Kier molecular flexibility index (Phi) is 4.41. The molecule has 0 aromatic heterocycles. The molecule has 0 amide bonds. The molecule has 1 N–H and O–H groups in total. The van der Waals surface area contributed by atoms with Crippen LogP contribution in [0.1, 0.15) is 11.1 Å². The monoisotopic (exact) mass is 324 g/mol. The SMILES string of the molecule is Cc1ccc(F)c(NS(=O)(=O)Cc2ccccc2[N+](=O)[O-])c1.